The van der Waals surface area contributed by atoms with Crippen molar-refractivity contribution in [3.8, 4) is 0 Å². The first-order chi connectivity index (χ1) is 17.2. The number of hydrogen-bond donors (Lipinski definition) is 2. The fourth-order valence-corrected chi connectivity index (χ4v) is 4.87. The van der Waals surface area contributed by atoms with Gasteiger partial charge in [-0.1, -0.05) is 13.0 Å². The maximum atomic E-state index is 13.7. The van der Waals surface area contributed by atoms with Crippen LogP contribution >= 0.6 is 0 Å². The minimum atomic E-state index is -0.563. The highest BCUT2D eigenvalue weighted by Crippen LogP contribution is 2.37. The van der Waals surface area contributed by atoms with Crippen LogP contribution in [-0.2, 0) is 9.53 Å². The molecule has 1 amide bonds. The number of benzene rings is 1. The standard InChI is InChI=1S/C27H36N6O3/c1-6-19(3)36-25(34)20-8-7-9-21(14-20)31-26(35)27(16-32(4)5)10-12-33(13-11-27)24-22-18(2)15-28-23(22)29-17-30-24/h7-9,14-15,17,19H,6,10-13,16H2,1-5H3,(H,31,35)(H,28,29,30). The van der Waals surface area contributed by atoms with E-state index in [-0.39, 0.29) is 18.0 Å². The van der Waals surface area contributed by atoms with Crippen molar-refractivity contribution in [3.63, 3.8) is 0 Å². The molecule has 1 aromatic carbocycles. The van der Waals surface area contributed by atoms with Crippen LogP contribution in [0.2, 0.25) is 0 Å². The molecule has 9 heteroatoms. The number of carbonyl (C=O) groups is 2. The Labute approximate surface area is 212 Å². The van der Waals surface area contributed by atoms with Crippen molar-refractivity contribution in [2.24, 2.45) is 5.41 Å². The van der Waals surface area contributed by atoms with Crippen LogP contribution in [0.4, 0.5) is 11.5 Å². The summed E-state index contributed by atoms with van der Waals surface area (Å²) in [4.78, 5) is 42.6. The van der Waals surface area contributed by atoms with Crippen molar-refractivity contribution in [2.45, 2.75) is 46.1 Å². The summed E-state index contributed by atoms with van der Waals surface area (Å²) in [5.41, 5.74) is 2.40. The van der Waals surface area contributed by atoms with Gasteiger partial charge in [-0.05, 0) is 71.0 Å². The minimum absolute atomic E-state index is 0.0334. The number of fused-ring (bicyclic) bond motifs is 1. The van der Waals surface area contributed by atoms with Crippen LogP contribution in [0.25, 0.3) is 11.0 Å². The van der Waals surface area contributed by atoms with Crippen LogP contribution < -0.4 is 10.2 Å². The van der Waals surface area contributed by atoms with Gasteiger partial charge in [-0.25, -0.2) is 14.8 Å². The second-order valence-electron chi connectivity index (χ2n) is 10.1. The number of aryl methyl sites for hydroxylation is 1. The first-order valence-corrected chi connectivity index (χ1v) is 12.5. The highest BCUT2D eigenvalue weighted by molar-refractivity contribution is 5.98. The Bertz CT molecular complexity index is 1230. The third-order valence-electron chi connectivity index (χ3n) is 7.01. The lowest BCUT2D eigenvalue weighted by molar-refractivity contribution is -0.127. The fraction of sp³-hybridized carbons (Fsp3) is 0.481. The summed E-state index contributed by atoms with van der Waals surface area (Å²) >= 11 is 0. The van der Waals surface area contributed by atoms with Crippen molar-refractivity contribution in [1.82, 2.24) is 19.9 Å². The van der Waals surface area contributed by atoms with Gasteiger partial charge in [0, 0.05) is 31.5 Å². The maximum Gasteiger partial charge on any atom is 0.338 e. The quantitative estimate of drug-likeness (QED) is 0.458. The van der Waals surface area contributed by atoms with Crippen molar-refractivity contribution >= 4 is 34.4 Å². The van der Waals surface area contributed by atoms with Gasteiger partial charge < -0.3 is 24.8 Å². The van der Waals surface area contributed by atoms with Gasteiger partial charge >= 0.3 is 5.97 Å². The molecule has 36 heavy (non-hydrogen) atoms. The van der Waals surface area contributed by atoms with E-state index in [1.54, 1.807) is 24.5 Å². The van der Waals surface area contributed by atoms with E-state index in [1.165, 1.54) is 0 Å². The number of aromatic nitrogens is 3. The molecule has 1 fully saturated rings. The number of rotatable bonds is 8. The number of H-pyrrole nitrogens is 1. The van der Waals surface area contributed by atoms with Crippen LogP contribution in [0.1, 0.15) is 49.0 Å². The van der Waals surface area contributed by atoms with E-state index in [9.17, 15) is 9.59 Å². The smallest absolute Gasteiger partial charge is 0.338 e. The molecule has 3 heterocycles. The van der Waals surface area contributed by atoms with Gasteiger partial charge in [-0.3, -0.25) is 4.79 Å². The van der Waals surface area contributed by atoms with Gasteiger partial charge in [0.15, 0.2) is 0 Å². The number of amides is 1. The lowest BCUT2D eigenvalue weighted by atomic mass is 9.76. The number of hydrogen-bond acceptors (Lipinski definition) is 7. The van der Waals surface area contributed by atoms with Crippen molar-refractivity contribution in [2.75, 3.05) is 43.9 Å². The van der Waals surface area contributed by atoms with Crippen LogP contribution in [0.3, 0.4) is 0 Å². The van der Waals surface area contributed by atoms with Crippen molar-refractivity contribution in [1.29, 1.82) is 0 Å². The molecule has 4 rings (SSSR count). The third-order valence-corrected chi connectivity index (χ3v) is 7.01. The van der Waals surface area contributed by atoms with Crippen LogP contribution in [-0.4, -0.2) is 71.6 Å². The van der Waals surface area contributed by atoms with Crippen LogP contribution in [0.15, 0.2) is 36.8 Å². The molecule has 3 aromatic rings. The third kappa shape index (κ3) is 5.36. The van der Waals surface area contributed by atoms with Crippen LogP contribution in [0.5, 0.6) is 0 Å². The van der Waals surface area contributed by atoms with Crippen molar-refractivity contribution in [3.05, 3.63) is 47.9 Å². The molecule has 0 bridgehead atoms. The largest absolute Gasteiger partial charge is 0.459 e. The molecule has 192 valence electrons. The zero-order valence-corrected chi connectivity index (χ0v) is 21.8. The predicted octanol–water partition coefficient (Wildman–Crippen LogP) is 4.01. The van der Waals surface area contributed by atoms with Crippen LogP contribution in [0, 0.1) is 12.3 Å². The summed E-state index contributed by atoms with van der Waals surface area (Å²) in [6.45, 7) is 7.93. The van der Waals surface area contributed by atoms with Crippen molar-refractivity contribution < 1.29 is 14.3 Å². The molecular formula is C27H36N6O3. The number of aromatic amines is 1. The number of piperidine rings is 1. The molecule has 1 atom stereocenters. The lowest BCUT2D eigenvalue weighted by Gasteiger charge is -2.42. The van der Waals surface area contributed by atoms with E-state index in [4.69, 9.17) is 4.74 Å². The SMILES string of the molecule is CCC(C)OC(=O)c1cccc(NC(=O)C2(CN(C)C)CCN(c3ncnc4[nH]cc(C)c34)CC2)c1. The summed E-state index contributed by atoms with van der Waals surface area (Å²) in [7, 11) is 3.98. The van der Waals surface area contributed by atoms with Gasteiger partial charge in [0.05, 0.1) is 22.5 Å². The molecule has 0 radical (unpaired) electrons. The normalized spacial score (nSPS) is 16.2. The van der Waals surface area contributed by atoms with E-state index < -0.39 is 5.41 Å². The van der Waals surface area contributed by atoms with E-state index >= 15 is 0 Å². The summed E-state index contributed by atoms with van der Waals surface area (Å²) in [6.07, 6.45) is 5.49. The summed E-state index contributed by atoms with van der Waals surface area (Å²) in [6, 6.07) is 6.97. The fourth-order valence-electron chi connectivity index (χ4n) is 4.87. The minimum Gasteiger partial charge on any atom is -0.459 e. The molecule has 0 saturated carbocycles. The average molecular weight is 493 g/mol. The highest BCUT2D eigenvalue weighted by Gasteiger charge is 2.42. The predicted molar refractivity (Wildman–Crippen MR) is 141 cm³/mol. The summed E-state index contributed by atoms with van der Waals surface area (Å²) in [5.74, 6) is 0.493. The molecule has 2 aromatic heterocycles. The Morgan fingerprint density at radius 3 is 2.69 bits per heavy atom. The molecule has 0 spiro atoms. The Hall–Kier alpha value is -3.46. The van der Waals surface area contributed by atoms with E-state index in [1.807, 2.05) is 47.1 Å². The Balaban J connectivity index is 1.51. The molecule has 1 unspecified atom stereocenters. The Morgan fingerprint density at radius 1 is 1.25 bits per heavy atom. The average Bonchev–Trinajstić information content (AvgIpc) is 3.25. The molecular weight excluding hydrogens is 456 g/mol. The number of anilines is 2. The number of carbonyl (C=O) groups excluding carboxylic acids is 2. The highest BCUT2D eigenvalue weighted by atomic mass is 16.5. The first kappa shape index (κ1) is 25.6. The second-order valence-corrected chi connectivity index (χ2v) is 10.1. The number of ether oxygens (including phenoxy) is 1. The topological polar surface area (TPSA) is 103 Å². The van der Waals surface area contributed by atoms with Gasteiger partial charge in [0.25, 0.3) is 0 Å². The Kier molecular flexibility index (Phi) is 7.59. The number of nitrogens with zero attached hydrogens (tertiary/aromatic N) is 4. The van der Waals surface area contributed by atoms with E-state index in [0.717, 1.165) is 28.8 Å². The number of nitrogens with one attached hydrogen (secondary N) is 2. The van der Waals surface area contributed by atoms with E-state index in [0.29, 0.717) is 43.7 Å². The molecule has 2 N–H and O–H groups in total. The number of esters is 1. The molecule has 9 nitrogen and oxygen atoms in total. The van der Waals surface area contributed by atoms with Gasteiger partial charge in [0.1, 0.15) is 17.8 Å². The molecule has 0 aliphatic carbocycles. The second kappa shape index (κ2) is 10.7. The zero-order chi connectivity index (χ0) is 25.9. The van der Waals surface area contributed by atoms with Gasteiger partial charge in [0.2, 0.25) is 5.91 Å². The lowest BCUT2D eigenvalue weighted by Crippen LogP contribution is -2.51. The summed E-state index contributed by atoms with van der Waals surface area (Å²) in [5, 5.41) is 4.12. The molecule has 1 aliphatic heterocycles. The zero-order valence-electron chi connectivity index (χ0n) is 21.8. The van der Waals surface area contributed by atoms with E-state index in [2.05, 4.69) is 30.1 Å². The monoisotopic (exact) mass is 492 g/mol. The summed E-state index contributed by atoms with van der Waals surface area (Å²) < 4.78 is 5.44. The Morgan fingerprint density at radius 2 is 2.00 bits per heavy atom. The van der Waals surface area contributed by atoms with Gasteiger partial charge in [-0.2, -0.15) is 0 Å². The molecule has 1 aliphatic rings. The molecule has 1 saturated heterocycles. The van der Waals surface area contributed by atoms with Gasteiger partial charge in [-0.15, -0.1) is 0 Å². The maximum absolute atomic E-state index is 13.7. The first-order valence-electron chi connectivity index (χ1n) is 12.5.